The highest BCUT2D eigenvalue weighted by molar-refractivity contribution is 7.26. The van der Waals surface area contributed by atoms with Gasteiger partial charge in [-0.3, -0.25) is 0 Å². The van der Waals surface area contributed by atoms with E-state index in [1.165, 1.54) is 14.8 Å². The Morgan fingerprint density at radius 1 is 0.833 bits per heavy atom. The summed E-state index contributed by atoms with van der Waals surface area (Å²) in [6.07, 6.45) is 0. The van der Waals surface area contributed by atoms with E-state index in [-0.39, 0.29) is 0 Å². The van der Waals surface area contributed by atoms with Gasteiger partial charge in [0, 0.05) is 20.2 Å². The van der Waals surface area contributed by atoms with Gasteiger partial charge >= 0.3 is 0 Å². The SMILES string of the molecule is Oc1cc2ccccc2c2sc3ccccc3c12. The summed E-state index contributed by atoms with van der Waals surface area (Å²) in [5.74, 6) is 0.376. The third-order valence-corrected chi connectivity index (χ3v) is 4.55. The molecule has 0 saturated heterocycles. The van der Waals surface area contributed by atoms with E-state index >= 15 is 0 Å². The van der Waals surface area contributed by atoms with Crippen molar-refractivity contribution in [3.8, 4) is 5.75 Å². The molecule has 1 heterocycles. The molecule has 0 aliphatic rings. The Bertz CT molecular complexity index is 889. The second-order valence-electron chi connectivity index (χ2n) is 4.42. The lowest BCUT2D eigenvalue weighted by atomic mass is 10.1. The van der Waals surface area contributed by atoms with Crippen LogP contribution in [0.2, 0.25) is 0 Å². The molecule has 0 radical (unpaired) electrons. The Kier molecular flexibility index (Phi) is 1.91. The van der Waals surface area contributed by atoms with E-state index in [0.717, 1.165) is 16.2 Å². The zero-order valence-corrected chi connectivity index (χ0v) is 10.4. The minimum Gasteiger partial charge on any atom is -0.507 e. The number of aromatic hydroxyl groups is 1. The van der Waals surface area contributed by atoms with E-state index < -0.39 is 0 Å². The Morgan fingerprint density at radius 3 is 2.44 bits per heavy atom. The number of hydrogen-bond donors (Lipinski definition) is 1. The van der Waals surface area contributed by atoms with Crippen LogP contribution in [-0.4, -0.2) is 5.11 Å². The molecular formula is C16H10OS. The number of phenols is 1. The molecule has 1 N–H and O–H groups in total. The molecule has 0 bridgehead atoms. The molecule has 0 amide bonds. The summed E-state index contributed by atoms with van der Waals surface area (Å²) < 4.78 is 2.39. The van der Waals surface area contributed by atoms with Gasteiger partial charge in [0.2, 0.25) is 0 Å². The molecule has 0 unspecified atom stereocenters. The van der Waals surface area contributed by atoms with Crippen LogP contribution >= 0.6 is 11.3 Å². The predicted octanol–water partition coefficient (Wildman–Crippen LogP) is 4.91. The molecule has 4 rings (SSSR count). The third kappa shape index (κ3) is 1.21. The number of phenolic OH excluding ortho intramolecular Hbond substituents is 1. The number of rotatable bonds is 0. The molecule has 18 heavy (non-hydrogen) atoms. The molecule has 0 aliphatic carbocycles. The molecule has 3 aromatic carbocycles. The van der Waals surface area contributed by atoms with E-state index in [1.807, 2.05) is 36.4 Å². The second-order valence-corrected chi connectivity index (χ2v) is 5.47. The first-order valence-corrected chi connectivity index (χ1v) is 6.68. The summed E-state index contributed by atoms with van der Waals surface area (Å²) in [4.78, 5) is 0. The van der Waals surface area contributed by atoms with E-state index in [0.29, 0.717) is 5.75 Å². The summed E-state index contributed by atoms with van der Waals surface area (Å²) in [5.41, 5.74) is 0. The van der Waals surface area contributed by atoms with Crippen LogP contribution in [0.1, 0.15) is 0 Å². The van der Waals surface area contributed by atoms with Crippen molar-refractivity contribution in [3.63, 3.8) is 0 Å². The summed E-state index contributed by atoms with van der Waals surface area (Å²) in [7, 11) is 0. The monoisotopic (exact) mass is 250 g/mol. The molecule has 0 spiro atoms. The van der Waals surface area contributed by atoms with Gasteiger partial charge in [0.25, 0.3) is 0 Å². The average molecular weight is 250 g/mol. The van der Waals surface area contributed by atoms with Crippen LogP contribution in [0.25, 0.3) is 30.9 Å². The molecule has 0 aliphatic heterocycles. The first-order valence-electron chi connectivity index (χ1n) is 5.86. The van der Waals surface area contributed by atoms with Gasteiger partial charge in [-0.15, -0.1) is 11.3 Å². The Balaban J connectivity index is 2.38. The van der Waals surface area contributed by atoms with Gasteiger partial charge in [-0.05, 0) is 22.9 Å². The second kappa shape index (κ2) is 3.47. The maximum absolute atomic E-state index is 10.3. The highest BCUT2D eigenvalue weighted by Gasteiger charge is 2.11. The van der Waals surface area contributed by atoms with Crippen molar-refractivity contribution in [2.45, 2.75) is 0 Å². The number of fused-ring (bicyclic) bond motifs is 5. The highest BCUT2D eigenvalue weighted by atomic mass is 32.1. The molecular weight excluding hydrogens is 240 g/mol. The number of hydrogen-bond acceptors (Lipinski definition) is 2. The first-order chi connectivity index (χ1) is 8.84. The Hall–Kier alpha value is -2.06. The van der Waals surface area contributed by atoms with Gasteiger partial charge in [0.15, 0.2) is 0 Å². The van der Waals surface area contributed by atoms with E-state index in [4.69, 9.17) is 0 Å². The minimum atomic E-state index is 0.376. The zero-order valence-electron chi connectivity index (χ0n) is 9.55. The van der Waals surface area contributed by atoms with Crippen molar-refractivity contribution in [1.29, 1.82) is 0 Å². The fourth-order valence-electron chi connectivity index (χ4n) is 2.54. The molecule has 86 valence electrons. The Labute approximate surface area is 108 Å². The first kappa shape index (κ1) is 9.92. The van der Waals surface area contributed by atoms with Crippen LogP contribution in [0.4, 0.5) is 0 Å². The van der Waals surface area contributed by atoms with Gasteiger partial charge < -0.3 is 5.11 Å². The minimum absolute atomic E-state index is 0.376. The van der Waals surface area contributed by atoms with Crippen LogP contribution in [0.5, 0.6) is 5.75 Å². The fraction of sp³-hybridized carbons (Fsp3) is 0. The van der Waals surface area contributed by atoms with E-state index in [9.17, 15) is 5.11 Å². The largest absolute Gasteiger partial charge is 0.507 e. The van der Waals surface area contributed by atoms with Crippen LogP contribution < -0.4 is 0 Å². The van der Waals surface area contributed by atoms with Crippen molar-refractivity contribution in [1.82, 2.24) is 0 Å². The number of benzene rings is 3. The molecule has 0 atom stereocenters. The molecule has 0 saturated carbocycles. The van der Waals surface area contributed by atoms with Crippen LogP contribution in [-0.2, 0) is 0 Å². The zero-order chi connectivity index (χ0) is 12.1. The Morgan fingerprint density at radius 2 is 1.56 bits per heavy atom. The lowest BCUT2D eigenvalue weighted by Gasteiger charge is -2.02. The maximum atomic E-state index is 10.3. The molecule has 2 heteroatoms. The van der Waals surface area contributed by atoms with E-state index in [2.05, 4.69) is 18.2 Å². The van der Waals surface area contributed by atoms with Crippen LogP contribution in [0, 0.1) is 0 Å². The smallest absolute Gasteiger partial charge is 0.125 e. The maximum Gasteiger partial charge on any atom is 0.125 e. The summed E-state index contributed by atoms with van der Waals surface area (Å²) in [5, 5.41) is 14.7. The lowest BCUT2D eigenvalue weighted by molar-refractivity contribution is 0.483. The van der Waals surface area contributed by atoms with Crippen molar-refractivity contribution < 1.29 is 5.11 Å². The van der Waals surface area contributed by atoms with Crippen molar-refractivity contribution in [2.75, 3.05) is 0 Å². The molecule has 0 fully saturated rings. The van der Waals surface area contributed by atoms with Gasteiger partial charge in [0.1, 0.15) is 5.75 Å². The van der Waals surface area contributed by atoms with Gasteiger partial charge in [-0.2, -0.15) is 0 Å². The van der Waals surface area contributed by atoms with Crippen molar-refractivity contribution >= 4 is 42.3 Å². The van der Waals surface area contributed by atoms with Gasteiger partial charge in [-0.25, -0.2) is 0 Å². The average Bonchev–Trinajstić information content (AvgIpc) is 2.79. The predicted molar refractivity (Wildman–Crippen MR) is 78.5 cm³/mol. The third-order valence-electron chi connectivity index (χ3n) is 3.35. The molecule has 4 aromatic rings. The normalized spacial score (nSPS) is 11.6. The highest BCUT2D eigenvalue weighted by Crippen LogP contribution is 2.42. The summed E-state index contributed by atoms with van der Waals surface area (Å²) in [6.45, 7) is 0. The summed E-state index contributed by atoms with van der Waals surface area (Å²) in [6, 6.07) is 18.3. The quantitative estimate of drug-likeness (QED) is 0.470. The van der Waals surface area contributed by atoms with E-state index in [1.54, 1.807) is 11.3 Å². The van der Waals surface area contributed by atoms with Crippen molar-refractivity contribution in [2.24, 2.45) is 0 Å². The molecule has 1 nitrogen and oxygen atoms in total. The fourth-order valence-corrected chi connectivity index (χ4v) is 3.80. The molecule has 1 aromatic heterocycles. The lowest BCUT2D eigenvalue weighted by Crippen LogP contribution is -1.74. The topological polar surface area (TPSA) is 20.2 Å². The van der Waals surface area contributed by atoms with Gasteiger partial charge in [-0.1, -0.05) is 42.5 Å². The van der Waals surface area contributed by atoms with Crippen molar-refractivity contribution in [3.05, 3.63) is 54.6 Å². The van der Waals surface area contributed by atoms with Gasteiger partial charge in [0.05, 0.1) is 0 Å². The van der Waals surface area contributed by atoms with Crippen LogP contribution in [0.15, 0.2) is 54.6 Å². The number of thiophene rings is 1. The summed E-state index contributed by atoms with van der Waals surface area (Å²) >= 11 is 1.75. The standard InChI is InChI=1S/C16H10OS/c17-13-9-10-5-1-2-6-11(10)16-15(13)12-7-3-4-8-14(12)18-16/h1-9,17H. The van der Waals surface area contributed by atoms with Crippen LogP contribution in [0.3, 0.4) is 0 Å².